The lowest BCUT2D eigenvalue weighted by atomic mass is 10.2. The molecule has 31 heavy (non-hydrogen) atoms. The molecule has 0 bridgehead atoms. The van der Waals surface area contributed by atoms with E-state index in [0.29, 0.717) is 10.4 Å². The fourth-order valence-electron chi connectivity index (χ4n) is 2.52. The second kappa shape index (κ2) is 8.98. The predicted octanol–water partition coefficient (Wildman–Crippen LogP) is 3.68. The van der Waals surface area contributed by atoms with Gasteiger partial charge in [-0.25, -0.2) is 8.42 Å². The number of benzene rings is 2. The van der Waals surface area contributed by atoms with E-state index in [9.17, 15) is 36.5 Å². The van der Waals surface area contributed by atoms with Crippen molar-refractivity contribution in [3.63, 3.8) is 0 Å². The minimum atomic E-state index is -4.77. The lowest BCUT2D eigenvalue weighted by Crippen LogP contribution is -2.37. The van der Waals surface area contributed by atoms with Crippen LogP contribution in [0.2, 0.25) is 5.02 Å². The van der Waals surface area contributed by atoms with Crippen molar-refractivity contribution in [3.05, 3.63) is 57.1 Å². The summed E-state index contributed by atoms with van der Waals surface area (Å²) >= 11 is 5.53. The number of ether oxygens (including phenoxy) is 1. The van der Waals surface area contributed by atoms with Crippen molar-refractivity contribution in [1.29, 1.82) is 0 Å². The SMILES string of the molecule is COc1ccc([N+](=O)[O-])cc1N(CC(=O)Nc1ccc(Cl)c(C(F)(F)F)c1)S(C)(=O)=O. The molecule has 0 fully saturated rings. The molecule has 2 aromatic carbocycles. The number of nitrogens with zero attached hydrogens (tertiary/aromatic N) is 2. The number of sulfonamides is 1. The highest BCUT2D eigenvalue weighted by Crippen LogP contribution is 2.36. The Hall–Kier alpha value is -3.06. The zero-order valence-electron chi connectivity index (χ0n) is 15.9. The van der Waals surface area contributed by atoms with E-state index in [1.165, 1.54) is 7.11 Å². The minimum absolute atomic E-state index is 0.0744. The van der Waals surface area contributed by atoms with Gasteiger partial charge in [-0.05, 0) is 24.3 Å². The van der Waals surface area contributed by atoms with Crippen LogP contribution in [-0.4, -0.2) is 39.2 Å². The average Bonchev–Trinajstić information content (AvgIpc) is 2.65. The molecule has 168 valence electrons. The van der Waals surface area contributed by atoms with E-state index < -0.39 is 49.8 Å². The van der Waals surface area contributed by atoms with Gasteiger partial charge in [-0.3, -0.25) is 19.2 Å². The fourth-order valence-corrected chi connectivity index (χ4v) is 3.60. The van der Waals surface area contributed by atoms with Crippen molar-refractivity contribution in [2.75, 3.05) is 29.5 Å². The van der Waals surface area contributed by atoms with Crippen molar-refractivity contribution in [3.8, 4) is 5.75 Å². The lowest BCUT2D eigenvalue weighted by Gasteiger charge is -2.23. The van der Waals surface area contributed by atoms with Crippen LogP contribution in [0, 0.1) is 10.1 Å². The highest BCUT2D eigenvalue weighted by Gasteiger charge is 2.33. The molecule has 0 radical (unpaired) electrons. The second-order valence-electron chi connectivity index (χ2n) is 6.12. The summed E-state index contributed by atoms with van der Waals surface area (Å²) in [5, 5.41) is 12.6. The van der Waals surface area contributed by atoms with Crippen molar-refractivity contribution in [2.45, 2.75) is 6.18 Å². The molecule has 0 unspecified atom stereocenters. The minimum Gasteiger partial charge on any atom is -0.495 e. The van der Waals surface area contributed by atoms with Crippen molar-refractivity contribution >= 4 is 44.6 Å². The number of methoxy groups -OCH3 is 1. The number of anilines is 2. The standard InChI is InChI=1S/C17H15ClF3N3O6S/c1-30-15-6-4-11(24(26)27)8-14(15)23(31(2,28)29)9-16(25)22-10-3-5-13(18)12(7-10)17(19,20)21/h3-8H,9H2,1-2H3,(H,22,25). The average molecular weight is 482 g/mol. The Kier molecular flexibility index (Phi) is 7.01. The maximum absolute atomic E-state index is 13.0. The number of amides is 1. The number of carbonyl (C=O) groups excluding carboxylic acids is 1. The molecule has 0 aliphatic rings. The molecule has 0 aromatic heterocycles. The van der Waals surface area contributed by atoms with E-state index in [2.05, 4.69) is 5.32 Å². The van der Waals surface area contributed by atoms with Gasteiger partial charge in [-0.2, -0.15) is 13.2 Å². The van der Waals surface area contributed by atoms with Gasteiger partial charge in [0.15, 0.2) is 0 Å². The molecule has 0 heterocycles. The highest BCUT2D eigenvalue weighted by atomic mass is 35.5. The molecule has 1 N–H and O–H groups in total. The van der Waals surface area contributed by atoms with Crippen LogP contribution in [0.1, 0.15) is 5.56 Å². The molecule has 1 amide bonds. The normalized spacial score (nSPS) is 11.7. The summed E-state index contributed by atoms with van der Waals surface area (Å²) in [6, 6.07) is 5.76. The maximum Gasteiger partial charge on any atom is 0.417 e. The molecule has 2 rings (SSSR count). The van der Waals surface area contributed by atoms with Crippen molar-refractivity contribution < 1.29 is 36.0 Å². The number of rotatable bonds is 7. The molecule has 0 saturated heterocycles. The van der Waals surface area contributed by atoms with E-state index in [0.717, 1.165) is 36.6 Å². The Morgan fingerprint density at radius 1 is 1.26 bits per heavy atom. The largest absolute Gasteiger partial charge is 0.495 e. The topological polar surface area (TPSA) is 119 Å². The van der Waals surface area contributed by atoms with E-state index in [-0.39, 0.29) is 17.1 Å². The number of halogens is 4. The Bertz CT molecular complexity index is 1120. The number of alkyl halides is 3. The van der Waals surface area contributed by atoms with Crippen LogP contribution < -0.4 is 14.4 Å². The van der Waals surface area contributed by atoms with Crippen LogP contribution in [0.3, 0.4) is 0 Å². The van der Waals surface area contributed by atoms with Crippen LogP contribution in [0.4, 0.5) is 30.2 Å². The van der Waals surface area contributed by atoms with Gasteiger partial charge in [0.1, 0.15) is 18.0 Å². The fraction of sp³-hybridized carbons (Fsp3) is 0.235. The number of hydrogen-bond acceptors (Lipinski definition) is 6. The number of nitro benzene ring substituents is 1. The third-order valence-corrected chi connectivity index (χ3v) is 5.34. The lowest BCUT2D eigenvalue weighted by molar-refractivity contribution is -0.384. The van der Waals surface area contributed by atoms with Crippen LogP contribution in [-0.2, 0) is 21.0 Å². The van der Waals surface area contributed by atoms with Gasteiger partial charge in [-0.1, -0.05) is 11.6 Å². The number of hydrogen-bond donors (Lipinski definition) is 1. The summed E-state index contributed by atoms with van der Waals surface area (Å²) in [4.78, 5) is 22.7. The van der Waals surface area contributed by atoms with Crippen LogP contribution in [0.5, 0.6) is 5.75 Å². The van der Waals surface area contributed by atoms with Gasteiger partial charge in [0.2, 0.25) is 15.9 Å². The first-order valence-electron chi connectivity index (χ1n) is 8.20. The molecular weight excluding hydrogens is 467 g/mol. The molecule has 0 atom stereocenters. The number of carbonyl (C=O) groups is 1. The smallest absolute Gasteiger partial charge is 0.417 e. The van der Waals surface area contributed by atoms with Gasteiger partial charge >= 0.3 is 6.18 Å². The maximum atomic E-state index is 13.0. The predicted molar refractivity (Wildman–Crippen MR) is 107 cm³/mol. The molecule has 0 spiro atoms. The summed E-state index contributed by atoms with van der Waals surface area (Å²) in [6.07, 6.45) is -4.02. The molecule has 14 heteroatoms. The number of nitrogens with one attached hydrogen (secondary N) is 1. The van der Waals surface area contributed by atoms with E-state index in [1.807, 2.05) is 0 Å². The molecule has 0 aliphatic heterocycles. The van der Waals surface area contributed by atoms with Crippen LogP contribution >= 0.6 is 11.6 Å². The van der Waals surface area contributed by atoms with Gasteiger partial charge in [0.25, 0.3) is 5.69 Å². The number of nitro groups is 1. The first-order chi connectivity index (χ1) is 14.2. The summed E-state index contributed by atoms with van der Waals surface area (Å²) in [7, 11) is -2.96. The molecule has 2 aromatic rings. The van der Waals surface area contributed by atoms with Crippen molar-refractivity contribution in [1.82, 2.24) is 0 Å². The quantitative estimate of drug-likeness (QED) is 0.476. The van der Waals surface area contributed by atoms with E-state index in [4.69, 9.17) is 16.3 Å². The third-order valence-electron chi connectivity index (χ3n) is 3.89. The second-order valence-corrected chi connectivity index (χ2v) is 8.44. The van der Waals surface area contributed by atoms with Crippen molar-refractivity contribution in [2.24, 2.45) is 0 Å². The van der Waals surface area contributed by atoms with Gasteiger partial charge in [0.05, 0.1) is 28.9 Å². The molecular formula is C17H15ClF3N3O6S. The summed E-state index contributed by atoms with van der Waals surface area (Å²) in [5.41, 5.74) is -2.22. The summed E-state index contributed by atoms with van der Waals surface area (Å²) < 4.78 is 69.0. The molecule has 0 aliphatic carbocycles. The molecule has 9 nitrogen and oxygen atoms in total. The van der Waals surface area contributed by atoms with Crippen LogP contribution in [0.15, 0.2) is 36.4 Å². The van der Waals surface area contributed by atoms with Gasteiger partial charge < -0.3 is 10.1 Å². The monoisotopic (exact) mass is 481 g/mol. The van der Waals surface area contributed by atoms with E-state index >= 15 is 0 Å². The zero-order valence-corrected chi connectivity index (χ0v) is 17.5. The first-order valence-corrected chi connectivity index (χ1v) is 10.4. The highest BCUT2D eigenvalue weighted by molar-refractivity contribution is 7.92. The summed E-state index contributed by atoms with van der Waals surface area (Å²) in [6.45, 7) is -0.889. The van der Waals surface area contributed by atoms with Gasteiger partial charge in [0, 0.05) is 17.8 Å². The Morgan fingerprint density at radius 2 is 1.90 bits per heavy atom. The van der Waals surface area contributed by atoms with E-state index in [1.54, 1.807) is 0 Å². The Morgan fingerprint density at radius 3 is 2.42 bits per heavy atom. The zero-order chi connectivity index (χ0) is 23.6. The van der Waals surface area contributed by atoms with Crippen LogP contribution in [0.25, 0.3) is 0 Å². The Labute approximate surface area is 179 Å². The number of non-ortho nitro benzene ring substituents is 1. The third kappa shape index (κ3) is 5.98. The molecule has 0 saturated carbocycles. The Balaban J connectivity index is 2.39. The summed E-state index contributed by atoms with van der Waals surface area (Å²) in [5.74, 6) is -1.08. The first kappa shape index (κ1) is 24.2. The van der Waals surface area contributed by atoms with Gasteiger partial charge in [-0.15, -0.1) is 0 Å².